The Balaban J connectivity index is 1.52. The van der Waals surface area contributed by atoms with Crippen molar-refractivity contribution in [3.05, 3.63) is 105 Å². The summed E-state index contributed by atoms with van der Waals surface area (Å²) in [5.41, 5.74) is 3.46. The summed E-state index contributed by atoms with van der Waals surface area (Å²) in [4.78, 5) is 31.8. The molecule has 5 aromatic rings. The van der Waals surface area contributed by atoms with Gasteiger partial charge in [-0.15, -0.1) is 0 Å². The predicted molar refractivity (Wildman–Crippen MR) is 160 cm³/mol. The van der Waals surface area contributed by atoms with Crippen molar-refractivity contribution in [3.63, 3.8) is 0 Å². The summed E-state index contributed by atoms with van der Waals surface area (Å²) in [7, 11) is 4.77. The highest BCUT2D eigenvalue weighted by Gasteiger charge is 2.18. The van der Waals surface area contributed by atoms with Crippen LogP contribution < -0.4 is 30.6 Å². The third-order valence-corrected chi connectivity index (χ3v) is 7.31. The number of benzene rings is 2. The Kier molecular flexibility index (Phi) is 8.24. The highest BCUT2D eigenvalue weighted by atomic mass is 16.5. The van der Waals surface area contributed by atoms with Gasteiger partial charge in [0.1, 0.15) is 22.5 Å². The Morgan fingerprint density at radius 1 is 0.905 bits per heavy atom. The Hall–Kier alpha value is -5.12. The standard InChI is InChI=1S/C32H33N5O5/c1-20-6-5-16-37-29(20)35-30-25(32(37)39)19-24(31(38)34-15-13-21-7-10-23(40-2)11-8-21)28(33)36(30)17-14-22-9-12-26(41-3)27(18-22)42-4/h5-12,16,18-19,33H,13-15,17H2,1-4H3,(H,34,38). The molecule has 0 fully saturated rings. The molecule has 2 N–H and O–H groups in total. The molecule has 0 saturated carbocycles. The third kappa shape index (κ3) is 5.56. The first-order valence-electron chi connectivity index (χ1n) is 13.6. The molecule has 0 spiro atoms. The lowest BCUT2D eigenvalue weighted by Gasteiger charge is -2.16. The van der Waals surface area contributed by atoms with Crippen LogP contribution >= 0.6 is 0 Å². The molecule has 10 nitrogen and oxygen atoms in total. The second kappa shape index (κ2) is 12.2. The molecule has 0 unspecified atom stereocenters. The van der Waals surface area contributed by atoms with Crippen molar-refractivity contribution in [1.82, 2.24) is 19.3 Å². The summed E-state index contributed by atoms with van der Waals surface area (Å²) in [6, 6.07) is 18.4. The smallest absolute Gasteiger partial charge is 0.267 e. The number of nitrogens with zero attached hydrogens (tertiary/aromatic N) is 3. The monoisotopic (exact) mass is 567 g/mol. The average Bonchev–Trinajstić information content (AvgIpc) is 3.01. The number of hydrogen-bond donors (Lipinski definition) is 2. The van der Waals surface area contributed by atoms with Crippen molar-refractivity contribution in [2.75, 3.05) is 27.9 Å². The number of carbonyl (C=O) groups excluding carboxylic acids is 1. The average molecular weight is 568 g/mol. The Morgan fingerprint density at radius 3 is 2.36 bits per heavy atom. The van der Waals surface area contributed by atoms with E-state index >= 15 is 0 Å². The minimum absolute atomic E-state index is 0.0187. The van der Waals surface area contributed by atoms with Crippen LogP contribution in [-0.2, 0) is 19.4 Å². The number of amides is 1. The summed E-state index contributed by atoms with van der Waals surface area (Å²) >= 11 is 0. The van der Waals surface area contributed by atoms with Gasteiger partial charge in [-0.3, -0.25) is 19.4 Å². The number of rotatable bonds is 10. The molecule has 0 saturated heterocycles. The number of methoxy groups -OCH3 is 3. The quantitative estimate of drug-likeness (QED) is 0.249. The van der Waals surface area contributed by atoms with Gasteiger partial charge in [0.15, 0.2) is 11.5 Å². The van der Waals surface area contributed by atoms with Crippen LogP contribution in [0.5, 0.6) is 17.2 Å². The van der Waals surface area contributed by atoms with Gasteiger partial charge in [0.2, 0.25) is 0 Å². The summed E-state index contributed by atoms with van der Waals surface area (Å²) in [6.07, 6.45) is 2.77. The second-order valence-corrected chi connectivity index (χ2v) is 9.89. The van der Waals surface area contributed by atoms with Crippen molar-refractivity contribution in [2.24, 2.45) is 0 Å². The van der Waals surface area contributed by atoms with Crippen molar-refractivity contribution >= 4 is 22.6 Å². The molecule has 216 valence electrons. The lowest BCUT2D eigenvalue weighted by Crippen LogP contribution is -2.36. The summed E-state index contributed by atoms with van der Waals surface area (Å²) < 4.78 is 19.1. The highest BCUT2D eigenvalue weighted by molar-refractivity contribution is 5.96. The van der Waals surface area contributed by atoms with Gasteiger partial charge in [0, 0.05) is 19.3 Å². The van der Waals surface area contributed by atoms with Crippen LogP contribution in [0, 0.1) is 12.3 Å². The largest absolute Gasteiger partial charge is 0.497 e. The molecule has 0 radical (unpaired) electrons. The topological polar surface area (TPSA) is 120 Å². The molecule has 0 aliphatic rings. The van der Waals surface area contributed by atoms with E-state index in [4.69, 9.17) is 24.6 Å². The summed E-state index contributed by atoms with van der Waals surface area (Å²) in [5.74, 6) is 1.55. The second-order valence-electron chi connectivity index (χ2n) is 9.89. The van der Waals surface area contributed by atoms with Gasteiger partial charge in [-0.1, -0.05) is 24.3 Å². The zero-order chi connectivity index (χ0) is 29.8. The van der Waals surface area contributed by atoms with Crippen LogP contribution in [-0.4, -0.2) is 47.7 Å². The van der Waals surface area contributed by atoms with Gasteiger partial charge >= 0.3 is 0 Å². The van der Waals surface area contributed by atoms with Crippen LogP contribution in [0.1, 0.15) is 27.0 Å². The summed E-state index contributed by atoms with van der Waals surface area (Å²) in [6.45, 7) is 2.56. The first-order chi connectivity index (χ1) is 20.3. The van der Waals surface area contributed by atoms with Gasteiger partial charge < -0.3 is 24.1 Å². The molecule has 10 heteroatoms. The van der Waals surface area contributed by atoms with E-state index in [2.05, 4.69) is 5.32 Å². The van der Waals surface area contributed by atoms with Crippen molar-refractivity contribution < 1.29 is 19.0 Å². The molecule has 5 rings (SSSR count). The highest BCUT2D eigenvalue weighted by Crippen LogP contribution is 2.28. The molecule has 1 amide bonds. The maximum atomic E-state index is 13.6. The molecule has 0 atom stereocenters. The molecule has 0 bridgehead atoms. The maximum absolute atomic E-state index is 13.6. The van der Waals surface area contributed by atoms with E-state index in [0.29, 0.717) is 48.7 Å². The zero-order valence-corrected chi connectivity index (χ0v) is 24.1. The van der Waals surface area contributed by atoms with E-state index in [-0.39, 0.29) is 22.0 Å². The molecule has 0 aliphatic carbocycles. The van der Waals surface area contributed by atoms with E-state index in [1.54, 1.807) is 38.2 Å². The predicted octanol–water partition coefficient (Wildman–Crippen LogP) is 3.68. The van der Waals surface area contributed by atoms with E-state index < -0.39 is 5.91 Å². The molecular formula is C32H33N5O5. The number of pyridine rings is 2. The van der Waals surface area contributed by atoms with Crippen molar-refractivity contribution in [3.8, 4) is 17.2 Å². The van der Waals surface area contributed by atoms with E-state index in [9.17, 15) is 9.59 Å². The fourth-order valence-electron chi connectivity index (χ4n) is 4.97. The molecule has 0 aliphatic heterocycles. The number of fused-ring (bicyclic) bond motifs is 2. The number of carbonyl (C=O) groups is 1. The number of aromatic nitrogens is 3. The van der Waals surface area contributed by atoms with Crippen molar-refractivity contribution in [2.45, 2.75) is 26.3 Å². The lowest BCUT2D eigenvalue weighted by molar-refractivity contribution is 0.0951. The number of nitrogens with one attached hydrogen (secondary N) is 2. The Labute approximate surface area is 242 Å². The first kappa shape index (κ1) is 28.4. The number of hydrogen-bond acceptors (Lipinski definition) is 7. The van der Waals surface area contributed by atoms with Crippen LogP contribution in [0.4, 0.5) is 0 Å². The lowest BCUT2D eigenvalue weighted by atomic mass is 10.1. The van der Waals surface area contributed by atoms with Crippen LogP contribution in [0.3, 0.4) is 0 Å². The fraction of sp³-hybridized carbons (Fsp3) is 0.250. The van der Waals surface area contributed by atoms with E-state index in [1.807, 2.05) is 55.5 Å². The molecule has 2 aromatic carbocycles. The van der Waals surface area contributed by atoms with Crippen LogP contribution in [0.25, 0.3) is 16.7 Å². The Morgan fingerprint density at radius 2 is 1.64 bits per heavy atom. The van der Waals surface area contributed by atoms with Crippen LogP contribution in [0.2, 0.25) is 0 Å². The van der Waals surface area contributed by atoms with Gasteiger partial charge in [0.25, 0.3) is 11.5 Å². The third-order valence-electron chi connectivity index (χ3n) is 7.31. The Bertz CT molecular complexity index is 1890. The van der Waals surface area contributed by atoms with Gasteiger partial charge in [-0.25, -0.2) is 4.98 Å². The number of aryl methyl sites for hydroxylation is 3. The van der Waals surface area contributed by atoms with E-state index in [1.165, 1.54) is 10.5 Å². The first-order valence-corrected chi connectivity index (χ1v) is 13.6. The van der Waals surface area contributed by atoms with Crippen LogP contribution in [0.15, 0.2) is 71.7 Å². The minimum Gasteiger partial charge on any atom is -0.497 e. The van der Waals surface area contributed by atoms with E-state index in [0.717, 1.165) is 22.4 Å². The number of ether oxygens (including phenoxy) is 3. The van der Waals surface area contributed by atoms with Crippen molar-refractivity contribution in [1.29, 1.82) is 5.41 Å². The summed E-state index contributed by atoms with van der Waals surface area (Å²) in [5, 5.41) is 12.2. The maximum Gasteiger partial charge on any atom is 0.267 e. The molecule has 3 heterocycles. The molecular weight excluding hydrogens is 534 g/mol. The zero-order valence-electron chi connectivity index (χ0n) is 24.1. The SMILES string of the molecule is COc1ccc(CCNC(=O)c2cc3c(=O)n4cccc(C)c4nc3n(CCc3ccc(OC)c(OC)c3)c2=N)cc1. The molecule has 3 aromatic heterocycles. The normalized spacial score (nSPS) is 11.0. The fourth-order valence-corrected chi connectivity index (χ4v) is 4.97. The van der Waals surface area contributed by atoms with Gasteiger partial charge in [-0.05, 0) is 72.9 Å². The molecule has 42 heavy (non-hydrogen) atoms. The van der Waals surface area contributed by atoms with Gasteiger partial charge in [-0.2, -0.15) is 0 Å². The minimum atomic E-state index is -0.427. The van der Waals surface area contributed by atoms with Gasteiger partial charge in [0.05, 0.1) is 32.3 Å².